The molecule has 0 bridgehead atoms. The maximum Gasteiger partial charge on any atom is 0.0543 e. The van der Waals surface area contributed by atoms with Gasteiger partial charge in [0.25, 0.3) is 0 Å². The maximum absolute atomic E-state index is 3.04. The Labute approximate surface area is 110 Å². The Hall–Kier alpha value is -1.84. The molecule has 0 aliphatic carbocycles. The lowest BCUT2D eigenvalue weighted by atomic mass is 10.4. The number of H-pyrrole nitrogens is 2. The van der Waals surface area contributed by atoms with Gasteiger partial charge in [-0.25, -0.2) is 0 Å². The average molecular weight is 248 g/mol. The molecule has 18 heavy (non-hydrogen) atoms. The number of hydrogen-bond acceptors (Lipinski definition) is 2. The molecule has 2 heterocycles. The van der Waals surface area contributed by atoms with Gasteiger partial charge < -0.3 is 19.8 Å². The molecule has 0 amide bonds. The zero-order valence-corrected chi connectivity index (χ0v) is 11.8. The number of rotatable bonds is 4. The lowest BCUT2D eigenvalue weighted by Gasteiger charge is -2.18. The summed E-state index contributed by atoms with van der Waals surface area (Å²) in [6.07, 6.45) is 7.84. The molecule has 4 nitrogen and oxygen atoms in total. The Morgan fingerprint density at radius 1 is 0.889 bits per heavy atom. The van der Waals surface area contributed by atoms with Gasteiger partial charge in [0.2, 0.25) is 0 Å². The van der Waals surface area contributed by atoms with Crippen molar-refractivity contribution in [3.63, 3.8) is 0 Å². The third-order valence-corrected chi connectivity index (χ3v) is 2.81. The molecule has 0 saturated carbocycles. The van der Waals surface area contributed by atoms with Gasteiger partial charge in [-0.05, 0) is 26.0 Å². The third kappa shape index (κ3) is 4.20. The molecule has 100 valence electrons. The van der Waals surface area contributed by atoms with E-state index in [1.165, 1.54) is 11.4 Å². The van der Waals surface area contributed by atoms with Crippen LogP contribution in [0.4, 0.5) is 11.4 Å². The van der Waals surface area contributed by atoms with Gasteiger partial charge in [-0.1, -0.05) is 0 Å². The number of aromatic amines is 2. The molecule has 2 aromatic rings. The standard InChI is InChI=1S/C8H14N2.C6H10N2/c1-3-10(4-2)8-5-6-9-7-8;1-8(2)6-3-4-7-5-6/h5-7,9H,3-4H2,1-2H3;3-5,7H,1-2H3. The van der Waals surface area contributed by atoms with Crippen molar-refractivity contribution in [3.05, 3.63) is 36.9 Å². The molecule has 0 unspecified atom stereocenters. The van der Waals surface area contributed by atoms with Gasteiger partial charge in [0.15, 0.2) is 0 Å². The van der Waals surface area contributed by atoms with Crippen molar-refractivity contribution in [2.75, 3.05) is 37.0 Å². The van der Waals surface area contributed by atoms with E-state index in [0.717, 1.165) is 13.1 Å². The Bertz CT molecular complexity index is 385. The Kier molecular flexibility index (Phi) is 5.91. The highest BCUT2D eigenvalue weighted by atomic mass is 15.1. The first-order valence-corrected chi connectivity index (χ1v) is 6.36. The van der Waals surface area contributed by atoms with Crippen LogP contribution in [-0.2, 0) is 0 Å². The van der Waals surface area contributed by atoms with Crippen LogP contribution in [0.25, 0.3) is 0 Å². The second-order valence-electron chi connectivity index (χ2n) is 4.21. The van der Waals surface area contributed by atoms with Crippen LogP contribution in [0.1, 0.15) is 13.8 Å². The van der Waals surface area contributed by atoms with Crippen molar-refractivity contribution in [2.24, 2.45) is 0 Å². The fourth-order valence-electron chi connectivity index (χ4n) is 1.69. The molecule has 0 atom stereocenters. The highest BCUT2D eigenvalue weighted by Gasteiger charge is 1.98. The van der Waals surface area contributed by atoms with Gasteiger partial charge in [-0.3, -0.25) is 0 Å². The topological polar surface area (TPSA) is 38.1 Å². The van der Waals surface area contributed by atoms with Gasteiger partial charge in [-0.2, -0.15) is 0 Å². The lowest BCUT2D eigenvalue weighted by molar-refractivity contribution is 0.867. The van der Waals surface area contributed by atoms with Crippen LogP contribution >= 0.6 is 0 Å². The van der Waals surface area contributed by atoms with Gasteiger partial charge in [0.05, 0.1) is 11.4 Å². The zero-order valence-electron chi connectivity index (χ0n) is 11.8. The van der Waals surface area contributed by atoms with Gasteiger partial charge in [0.1, 0.15) is 0 Å². The minimum Gasteiger partial charge on any atom is -0.376 e. The summed E-state index contributed by atoms with van der Waals surface area (Å²) < 4.78 is 0. The molecular formula is C14H24N4. The summed E-state index contributed by atoms with van der Waals surface area (Å²) in [6, 6.07) is 4.12. The first-order chi connectivity index (χ1) is 8.69. The molecule has 2 aromatic heterocycles. The van der Waals surface area contributed by atoms with Crippen LogP contribution in [0.15, 0.2) is 36.9 Å². The molecule has 0 radical (unpaired) electrons. The van der Waals surface area contributed by atoms with Crippen molar-refractivity contribution in [1.82, 2.24) is 9.97 Å². The van der Waals surface area contributed by atoms with Crippen LogP contribution in [0.5, 0.6) is 0 Å². The summed E-state index contributed by atoms with van der Waals surface area (Å²) in [7, 11) is 4.03. The summed E-state index contributed by atoms with van der Waals surface area (Å²) in [6.45, 7) is 6.48. The van der Waals surface area contributed by atoms with E-state index >= 15 is 0 Å². The van der Waals surface area contributed by atoms with Crippen LogP contribution in [0.2, 0.25) is 0 Å². The molecule has 0 spiro atoms. The molecule has 0 aromatic carbocycles. The Morgan fingerprint density at radius 3 is 1.67 bits per heavy atom. The summed E-state index contributed by atoms with van der Waals surface area (Å²) in [5, 5.41) is 0. The number of hydrogen-bond donors (Lipinski definition) is 2. The van der Waals surface area contributed by atoms with Crippen molar-refractivity contribution in [1.29, 1.82) is 0 Å². The SMILES string of the molecule is CCN(CC)c1cc[nH]c1.CN(C)c1cc[nH]c1. The van der Waals surface area contributed by atoms with Crippen LogP contribution < -0.4 is 9.80 Å². The molecule has 0 aliphatic rings. The molecule has 0 fully saturated rings. The fraction of sp³-hybridized carbons (Fsp3) is 0.429. The normalized spacial score (nSPS) is 9.56. The van der Waals surface area contributed by atoms with E-state index in [-0.39, 0.29) is 0 Å². The van der Waals surface area contributed by atoms with Crippen molar-refractivity contribution in [3.8, 4) is 0 Å². The van der Waals surface area contributed by atoms with Crippen molar-refractivity contribution >= 4 is 11.4 Å². The molecule has 0 saturated heterocycles. The molecule has 2 rings (SSSR count). The minimum atomic E-state index is 1.08. The monoisotopic (exact) mass is 248 g/mol. The predicted octanol–water partition coefficient (Wildman–Crippen LogP) is 2.94. The third-order valence-electron chi connectivity index (χ3n) is 2.81. The fourth-order valence-corrected chi connectivity index (χ4v) is 1.69. The van der Waals surface area contributed by atoms with Crippen LogP contribution in [0.3, 0.4) is 0 Å². The molecule has 4 heteroatoms. The molecule has 0 aliphatic heterocycles. The average Bonchev–Trinajstić information content (AvgIpc) is 3.05. The molecular weight excluding hydrogens is 224 g/mol. The van der Waals surface area contributed by atoms with E-state index in [1.807, 2.05) is 44.9 Å². The summed E-state index contributed by atoms with van der Waals surface area (Å²) in [5.74, 6) is 0. The lowest BCUT2D eigenvalue weighted by Crippen LogP contribution is -2.20. The Morgan fingerprint density at radius 2 is 1.39 bits per heavy atom. The smallest absolute Gasteiger partial charge is 0.0543 e. The van der Waals surface area contributed by atoms with E-state index in [0.29, 0.717) is 0 Å². The number of nitrogens with one attached hydrogen (secondary N) is 2. The first kappa shape index (κ1) is 14.2. The molecule has 2 N–H and O–H groups in total. The highest BCUT2D eigenvalue weighted by Crippen LogP contribution is 2.10. The second-order valence-corrected chi connectivity index (χ2v) is 4.21. The van der Waals surface area contributed by atoms with Gasteiger partial charge in [0, 0.05) is 52.0 Å². The number of anilines is 2. The van der Waals surface area contributed by atoms with Crippen molar-refractivity contribution in [2.45, 2.75) is 13.8 Å². The Balaban J connectivity index is 0.000000184. The van der Waals surface area contributed by atoms with Crippen LogP contribution in [0, 0.1) is 0 Å². The van der Waals surface area contributed by atoms with Crippen molar-refractivity contribution < 1.29 is 0 Å². The number of nitrogens with zero attached hydrogens (tertiary/aromatic N) is 2. The highest BCUT2D eigenvalue weighted by molar-refractivity contribution is 5.43. The summed E-state index contributed by atoms with van der Waals surface area (Å²) in [4.78, 5) is 10.4. The van der Waals surface area contributed by atoms with Gasteiger partial charge >= 0.3 is 0 Å². The van der Waals surface area contributed by atoms with E-state index < -0.39 is 0 Å². The van der Waals surface area contributed by atoms with E-state index in [4.69, 9.17) is 0 Å². The van der Waals surface area contributed by atoms with Gasteiger partial charge in [-0.15, -0.1) is 0 Å². The quantitative estimate of drug-likeness (QED) is 0.873. The van der Waals surface area contributed by atoms with E-state index in [1.54, 1.807) is 0 Å². The van der Waals surface area contributed by atoms with E-state index in [2.05, 4.69) is 39.7 Å². The number of aromatic nitrogens is 2. The minimum absolute atomic E-state index is 1.08. The first-order valence-electron chi connectivity index (χ1n) is 6.36. The van der Waals surface area contributed by atoms with Crippen LogP contribution in [-0.4, -0.2) is 37.2 Å². The largest absolute Gasteiger partial charge is 0.376 e. The zero-order chi connectivity index (χ0) is 13.4. The maximum atomic E-state index is 3.04. The summed E-state index contributed by atoms with van der Waals surface area (Å²) >= 11 is 0. The van der Waals surface area contributed by atoms with E-state index in [9.17, 15) is 0 Å². The second kappa shape index (κ2) is 7.48. The summed E-state index contributed by atoms with van der Waals surface area (Å²) in [5.41, 5.74) is 2.50. The predicted molar refractivity (Wildman–Crippen MR) is 79.5 cm³/mol.